The van der Waals surface area contributed by atoms with Crippen molar-refractivity contribution in [3.63, 3.8) is 0 Å². The summed E-state index contributed by atoms with van der Waals surface area (Å²) in [6, 6.07) is 11.9. The topological polar surface area (TPSA) is 136 Å². The Bertz CT molecular complexity index is 1110. The lowest BCUT2D eigenvalue weighted by atomic mass is 10.2. The van der Waals surface area contributed by atoms with E-state index >= 15 is 0 Å². The number of carboxylic acid groups (broad SMARTS) is 1. The van der Waals surface area contributed by atoms with E-state index in [-0.39, 0.29) is 17.9 Å². The van der Waals surface area contributed by atoms with Gasteiger partial charge in [0.1, 0.15) is 6.61 Å². The summed E-state index contributed by atoms with van der Waals surface area (Å²) in [7, 11) is -3.25. The van der Waals surface area contributed by atoms with E-state index in [4.69, 9.17) is 10.5 Å². The van der Waals surface area contributed by atoms with Gasteiger partial charge in [0.25, 0.3) is 5.91 Å². The van der Waals surface area contributed by atoms with Crippen molar-refractivity contribution in [3.8, 4) is 11.8 Å². The average molecular weight is 495 g/mol. The minimum Gasteiger partial charge on any atom is -0.479 e. The normalized spacial score (nSPS) is 12.9. The Labute approximate surface area is 182 Å². The number of halogens is 1. The van der Waals surface area contributed by atoms with Crippen LogP contribution in [0.1, 0.15) is 16.8 Å². The minimum atomic E-state index is -4.64. The van der Waals surface area contributed by atoms with Crippen LogP contribution in [0.25, 0.3) is 0 Å². The van der Waals surface area contributed by atoms with Crippen LogP contribution in [0.2, 0.25) is 0 Å². The Morgan fingerprint density at radius 1 is 1.17 bits per heavy atom. The van der Waals surface area contributed by atoms with Gasteiger partial charge >= 0.3 is 5.97 Å². The van der Waals surface area contributed by atoms with E-state index in [1.165, 1.54) is 31.4 Å². The van der Waals surface area contributed by atoms with E-state index < -0.39 is 37.9 Å². The fourth-order valence-corrected chi connectivity index (χ4v) is 4.21. The number of carbonyl (C=O) groups is 2. The first-order valence-corrected chi connectivity index (χ1v) is 10.8. The molecule has 30 heavy (non-hydrogen) atoms. The fourth-order valence-electron chi connectivity index (χ4n) is 2.40. The maximum Gasteiger partial charge on any atom is 0.340 e. The number of aliphatic carboxylic acids is 1. The van der Waals surface area contributed by atoms with Crippen molar-refractivity contribution >= 4 is 43.3 Å². The molecule has 0 saturated heterocycles. The molecule has 0 heterocycles. The smallest absolute Gasteiger partial charge is 0.340 e. The molecule has 1 amide bonds. The number of sulfone groups is 1. The van der Waals surface area contributed by atoms with Crippen LogP contribution in [-0.4, -0.2) is 44.0 Å². The monoisotopic (exact) mass is 494 g/mol. The van der Waals surface area contributed by atoms with Crippen LogP contribution in [0.4, 0.5) is 5.69 Å². The van der Waals surface area contributed by atoms with E-state index in [1.807, 2.05) is 0 Å². The summed E-state index contributed by atoms with van der Waals surface area (Å²) in [5, 5.41) is 12.1. The van der Waals surface area contributed by atoms with Gasteiger partial charge in [-0.2, -0.15) is 0 Å². The lowest BCUT2D eigenvalue weighted by Gasteiger charge is -2.24. The lowest BCUT2D eigenvalue weighted by molar-refractivity contribution is -0.139. The number of amides is 1. The number of nitrogens with two attached hydrogens (primary N) is 1. The summed E-state index contributed by atoms with van der Waals surface area (Å²) in [6.07, 6.45) is -0.664. The quantitative estimate of drug-likeness (QED) is 0.502. The Balaban J connectivity index is 2.44. The summed E-state index contributed by atoms with van der Waals surface area (Å²) in [6.45, 7) is -0.00438. The van der Waals surface area contributed by atoms with Gasteiger partial charge < -0.3 is 20.9 Å². The standard InChI is InChI=1S/C20H19BrN2O6S/c1-29-13-5-4-12-20(22,19(25)26)30(27,28)17-7-3-2-6-16(17)23-18(24)14-8-10-15(21)11-9-14/h2-3,6-11H,12-13,22H2,1H3,(H,23,24)(H,25,26). The third-order valence-electron chi connectivity index (χ3n) is 4.07. The van der Waals surface area contributed by atoms with Crippen molar-refractivity contribution in [1.82, 2.24) is 0 Å². The molecule has 158 valence electrons. The molecule has 1 atom stereocenters. The molecular formula is C20H19BrN2O6S. The number of ether oxygens (including phenoxy) is 1. The highest BCUT2D eigenvalue weighted by molar-refractivity contribution is 9.10. The van der Waals surface area contributed by atoms with Crippen molar-refractivity contribution in [2.75, 3.05) is 19.0 Å². The molecule has 8 nitrogen and oxygen atoms in total. The first-order chi connectivity index (χ1) is 14.1. The van der Waals surface area contributed by atoms with Gasteiger partial charge in [0.05, 0.1) is 17.0 Å². The van der Waals surface area contributed by atoms with Gasteiger partial charge in [-0.15, -0.1) is 0 Å². The van der Waals surface area contributed by atoms with Crippen LogP contribution in [0.15, 0.2) is 57.9 Å². The SMILES string of the molecule is COCC#CCC(N)(C(=O)O)S(=O)(=O)c1ccccc1NC(=O)c1ccc(Br)cc1. The van der Waals surface area contributed by atoms with Gasteiger partial charge in [-0.3, -0.25) is 4.79 Å². The number of hydrogen-bond donors (Lipinski definition) is 3. The highest BCUT2D eigenvalue weighted by atomic mass is 79.9. The van der Waals surface area contributed by atoms with Crippen LogP contribution >= 0.6 is 15.9 Å². The van der Waals surface area contributed by atoms with Gasteiger partial charge in [-0.05, 0) is 36.4 Å². The largest absolute Gasteiger partial charge is 0.479 e. The number of para-hydroxylation sites is 1. The van der Waals surface area contributed by atoms with Crippen LogP contribution in [0.5, 0.6) is 0 Å². The van der Waals surface area contributed by atoms with E-state index in [9.17, 15) is 23.1 Å². The molecule has 2 aromatic carbocycles. The average Bonchev–Trinajstić information content (AvgIpc) is 2.71. The third kappa shape index (κ3) is 5.06. The number of anilines is 1. The van der Waals surface area contributed by atoms with Crippen LogP contribution in [0.3, 0.4) is 0 Å². The molecule has 2 rings (SSSR count). The summed E-state index contributed by atoms with van der Waals surface area (Å²) < 4.78 is 31.9. The van der Waals surface area contributed by atoms with Crippen LogP contribution in [-0.2, 0) is 19.4 Å². The predicted octanol–water partition coefficient (Wildman–Crippen LogP) is 2.25. The highest BCUT2D eigenvalue weighted by Gasteiger charge is 2.49. The van der Waals surface area contributed by atoms with E-state index in [1.54, 1.807) is 24.3 Å². The second kappa shape index (κ2) is 9.86. The molecule has 0 bridgehead atoms. The molecule has 0 saturated carbocycles. The summed E-state index contributed by atoms with van der Waals surface area (Å²) in [5.74, 6) is 2.58. The molecule has 0 radical (unpaired) electrons. The van der Waals surface area contributed by atoms with Crippen molar-refractivity contribution in [2.24, 2.45) is 5.73 Å². The van der Waals surface area contributed by atoms with Gasteiger partial charge in [0, 0.05) is 17.1 Å². The zero-order valence-electron chi connectivity index (χ0n) is 15.9. The zero-order chi connectivity index (χ0) is 22.4. The summed E-state index contributed by atoms with van der Waals surface area (Å²) in [4.78, 5) is 21.2. The number of nitrogens with one attached hydrogen (secondary N) is 1. The van der Waals surface area contributed by atoms with Crippen molar-refractivity contribution < 1.29 is 27.9 Å². The van der Waals surface area contributed by atoms with Crippen molar-refractivity contribution in [1.29, 1.82) is 0 Å². The maximum absolute atomic E-state index is 13.2. The van der Waals surface area contributed by atoms with E-state index in [0.717, 1.165) is 4.47 Å². The van der Waals surface area contributed by atoms with Gasteiger partial charge in [0.15, 0.2) is 0 Å². The minimum absolute atomic E-state index is 0.00438. The molecule has 2 aromatic rings. The molecule has 4 N–H and O–H groups in total. The van der Waals surface area contributed by atoms with Crippen molar-refractivity contribution in [2.45, 2.75) is 16.2 Å². The zero-order valence-corrected chi connectivity index (χ0v) is 18.3. The van der Waals surface area contributed by atoms with Crippen molar-refractivity contribution in [3.05, 3.63) is 58.6 Å². The highest BCUT2D eigenvalue weighted by Crippen LogP contribution is 2.31. The second-order valence-electron chi connectivity index (χ2n) is 6.12. The van der Waals surface area contributed by atoms with Crippen LogP contribution in [0, 0.1) is 11.8 Å². The molecule has 0 aliphatic carbocycles. The Morgan fingerprint density at radius 2 is 1.80 bits per heavy atom. The Kier molecular flexibility index (Phi) is 7.75. The third-order valence-corrected chi connectivity index (χ3v) is 6.81. The predicted molar refractivity (Wildman–Crippen MR) is 115 cm³/mol. The number of methoxy groups -OCH3 is 1. The molecule has 0 aliphatic rings. The second-order valence-corrected chi connectivity index (χ2v) is 9.21. The summed E-state index contributed by atoms with van der Waals surface area (Å²) >= 11 is 3.27. The Morgan fingerprint density at radius 3 is 2.40 bits per heavy atom. The first-order valence-electron chi connectivity index (χ1n) is 8.51. The van der Waals surface area contributed by atoms with Gasteiger partial charge in [0.2, 0.25) is 14.7 Å². The number of rotatable bonds is 7. The van der Waals surface area contributed by atoms with E-state index in [2.05, 4.69) is 33.1 Å². The van der Waals surface area contributed by atoms with E-state index in [0.29, 0.717) is 0 Å². The Hall–Kier alpha value is -2.71. The number of carbonyl (C=O) groups excluding carboxylic acids is 1. The lowest BCUT2D eigenvalue weighted by Crippen LogP contribution is -2.54. The molecule has 0 aliphatic heterocycles. The molecular weight excluding hydrogens is 476 g/mol. The van der Waals surface area contributed by atoms with Gasteiger partial charge in [-0.25, -0.2) is 13.2 Å². The number of benzene rings is 2. The molecule has 0 spiro atoms. The van der Waals surface area contributed by atoms with Gasteiger partial charge in [-0.1, -0.05) is 39.9 Å². The maximum atomic E-state index is 13.2. The first kappa shape index (κ1) is 23.6. The van der Waals surface area contributed by atoms with Crippen LogP contribution < -0.4 is 11.1 Å². The number of carboxylic acids is 1. The number of hydrogen-bond acceptors (Lipinski definition) is 6. The molecule has 10 heteroatoms. The molecule has 0 fully saturated rings. The fraction of sp³-hybridized carbons (Fsp3) is 0.200. The molecule has 0 aromatic heterocycles. The molecule has 1 unspecified atom stereocenters. The summed E-state index contributed by atoms with van der Waals surface area (Å²) in [5.41, 5.74) is 6.01.